The lowest BCUT2D eigenvalue weighted by Crippen LogP contribution is -2.38. The fourth-order valence-electron chi connectivity index (χ4n) is 4.61. The number of rotatable bonds is 7. The third kappa shape index (κ3) is 4.39. The van der Waals surface area contributed by atoms with Crippen molar-refractivity contribution in [1.82, 2.24) is 9.55 Å². The van der Waals surface area contributed by atoms with Gasteiger partial charge in [-0.2, -0.15) is 0 Å². The van der Waals surface area contributed by atoms with E-state index in [2.05, 4.69) is 45.9 Å². The van der Waals surface area contributed by atoms with E-state index in [1.54, 1.807) is 30.5 Å². The van der Waals surface area contributed by atoms with E-state index in [4.69, 9.17) is 23.2 Å². The lowest BCUT2D eigenvalue weighted by molar-refractivity contribution is 0.104. The van der Waals surface area contributed by atoms with Gasteiger partial charge in [0.05, 0.1) is 5.02 Å². The number of carbonyl (C=O) groups is 1. The number of benzene rings is 4. The number of hydrogen-bond donors (Lipinski definition) is 0. The molecule has 5 rings (SSSR count). The van der Waals surface area contributed by atoms with Crippen LogP contribution in [0, 0.1) is 0 Å². The number of hydrogen-bond acceptors (Lipinski definition) is 2. The molecule has 0 N–H and O–H groups in total. The molecule has 0 fully saturated rings. The van der Waals surface area contributed by atoms with Gasteiger partial charge in [0.2, 0.25) is 0 Å². The van der Waals surface area contributed by atoms with Crippen LogP contribution >= 0.6 is 23.2 Å². The Morgan fingerprint density at radius 3 is 1.78 bits per heavy atom. The van der Waals surface area contributed by atoms with E-state index in [0.717, 1.165) is 16.7 Å². The van der Waals surface area contributed by atoms with E-state index in [0.29, 0.717) is 21.4 Å². The van der Waals surface area contributed by atoms with Crippen LogP contribution in [0.25, 0.3) is 6.08 Å². The number of halogens is 2. The summed E-state index contributed by atoms with van der Waals surface area (Å²) in [7, 11) is 0. The highest BCUT2D eigenvalue weighted by Crippen LogP contribution is 2.41. The fraction of sp³-hybridized carbons (Fsp3) is 0.0323. The van der Waals surface area contributed by atoms with Crippen LogP contribution in [-0.4, -0.2) is 15.3 Å². The highest BCUT2D eigenvalue weighted by atomic mass is 35.5. The molecule has 1 aromatic heterocycles. The first-order valence-electron chi connectivity index (χ1n) is 11.5. The predicted octanol–water partition coefficient (Wildman–Crippen LogP) is 7.93. The molecule has 0 saturated heterocycles. The van der Waals surface area contributed by atoms with Crippen LogP contribution in [0.15, 0.2) is 128 Å². The zero-order chi connectivity index (χ0) is 25.0. The highest BCUT2D eigenvalue weighted by Gasteiger charge is 2.39. The topological polar surface area (TPSA) is 34.9 Å². The lowest BCUT2D eigenvalue weighted by Gasteiger charge is -2.38. The number of allylic oxidation sites excluding steroid dienone is 1. The molecule has 0 aliphatic heterocycles. The minimum absolute atomic E-state index is 0.226. The molecule has 0 aliphatic rings. The summed E-state index contributed by atoms with van der Waals surface area (Å²) in [6.45, 7) is 0. The maximum atomic E-state index is 13.0. The highest BCUT2D eigenvalue weighted by molar-refractivity contribution is 6.37. The number of ketones is 1. The maximum Gasteiger partial charge on any atom is 0.187 e. The van der Waals surface area contributed by atoms with Crippen LogP contribution in [0.4, 0.5) is 0 Å². The number of imidazole rings is 1. The average Bonchev–Trinajstić information content (AvgIpc) is 3.38. The van der Waals surface area contributed by atoms with Crippen molar-refractivity contribution in [2.45, 2.75) is 5.54 Å². The van der Waals surface area contributed by atoms with Gasteiger partial charge in [-0.1, -0.05) is 114 Å². The Morgan fingerprint density at radius 1 is 0.750 bits per heavy atom. The molecular formula is C31H22Cl2N2O. The SMILES string of the molecule is O=C(/C=C\c1nccn1C(c1ccccc1)(c1ccccc1)c1ccccc1)c1ccc(Cl)cc1Cl. The van der Waals surface area contributed by atoms with Crippen molar-refractivity contribution in [2.24, 2.45) is 0 Å². The van der Waals surface area contributed by atoms with Crippen molar-refractivity contribution in [3.05, 3.63) is 166 Å². The van der Waals surface area contributed by atoms with Gasteiger partial charge in [-0.3, -0.25) is 4.79 Å². The van der Waals surface area contributed by atoms with Crippen LogP contribution < -0.4 is 0 Å². The van der Waals surface area contributed by atoms with Crippen LogP contribution in [-0.2, 0) is 5.54 Å². The van der Waals surface area contributed by atoms with E-state index < -0.39 is 5.54 Å². The number of carbonyl (C=O) groups excluding carboxylic acids is 1. The molecule has 0 aliphatic carbocycles. The van der Waals surface area contributed by atoms with Crippen LogP contribution in [0.2, 0.25) is 10.0 Å². The van der Waals surface area contributed by atoms with E-state index in [1.165, 1.54) is 6.08 Å². The summed E-state index contributed by atoms with van der Waals surface area (Å²) in [6, 6.07) is 35.8. The summed E-state index contributed by atoms with van der Waals surface area (Å²) in [5.41, 5.74) is 2.88. The minimum atomic E-state index is -0.721. The zero-order valence-corrected chi connectivity index (χ0v) is 20.8. The fourth-order valence-corrected chi connectivity index (χ4v) is 5.11. The smallest absolute Gasteiger partial charge is 0.187 e. The molecule has 5 heteroatoms. The molecule has 0 atom stereocenters. The molecule has 3 nitrogen and oxygen atoms in total. The molecule has 36 heavy (non-hydrogen) atoms. The molecule has 176 valence electrons. The van der Waals surface area contributed by atoms with Crippen molar-refractivity contribution < 1.29 is 4.79 Å². The van der Waals surface area contributed by atoms with Gasteiger partial charge in [-0.15, -0.1) is 0 Å². The predicted molar refractivity (Wildman–Crippen MR) is 147 cm³/mol. The lowest BCUT2D eigenvalue weighted by atomic mass is 9.76. The van der Waals surface area contributed by atoms with Crippen molar-refractivity contribution in [2.75, 3.05) is 0 Å². The molecule has 0 radical (unpaired) electrons. The Morgan fingerprint density at radius 2 is 1.28 bits per heavy atom. The van der Waals surface area contributed by atoms with Crippen LogP contribution in [0.5, 0.6) is 0 Å². The van der Waals surface area contributed by atoms with E-state index in [9.17, 15) is 4.79 Å². The Balaban J connectivity index is 1.70. The van der Waals surface area contributed by atoms with E-state index in [1.807, 2.05) is 60.8 Å². The van der Waals surface area contributed by atoms with E-state index in [-0.39, 0.29) is 5.78 Å². The first kappa shape index (κ1) is 23.8. The van der Waals surface area contributed by atoms with Gasteiger partial charge in [-0.05, 0) is 47.0 Å². The third-order valence-corrected chi connectivity index (χ3v) is 6.73. The summed E-state index contributed by atoms with van der Waals surface area (Å²) in [5, 5.41) is 0.794. The second-order valence-electron chi connectivity index (χ2n) is 8.29. The third-order valence-electron chi connectivity index (χ3n) is 6.19. The number of aromatic nitrogens is 2. The summed E-state index contributed by atoms with van der Waals surface area (Å²) in [4.78, 5) is 17.6. The van der Waals surface area contributed by atoms with Gasteiger partial charge in [0.1, 0.15) is 11.4 Å². The van der Waals surface area contributed by atoms with Crippen molar-refractivity contribution in [3.8, 4) is 0 Å². The molecule has 0 bridgehead atoms. The summed E-state index contributed by atoms with van der Waals surface area (Å²) >= 11 is 12.3. The maximum absolute atomic E-state index is 13.0. The Hall–Kier alpha value is -3.92. The van der Waals surface area contributed by atoms with Gasteiger partial charge in [-0.25, -0.2) is 4.98 Å². The molecule has 5 aromatic rings. The normalized spacial score (nSPS) is 11.6. The van der Waals surface area contributed by atoms with Crippen LogP contribution in [0.1, 0.15) is 32.9 Å². The Kier molecular flexibility index (Phi) is 6.86. The van der Waals surface area contributed by atoms with Gasteiger partial charge in [0, 0.05) is 23.0 Å². The van der Waals surface area contributed by atoms with Gasteiger partial charge in [0.25, 0.3) is 0 Å². The molecule has 0 amide bonds. The Labute approximate surface area is 220 Å². The van der Waals surface area contributed by atoms with Gasteiger partial charge >= 0.3 is 0 Å². The Bertz CT molecular complexity index is 1410. The first-order valence-corrected chi connectivity index (χ1v) is 12.2. The second kappa shape index (κ2) is 10.4. The molecule has 0 saturated carbocycles. The quantitative estimate of drug-likeness (QED) is 0.127. The van der Waals surface area contributed by atoms with E-state index >= 15 is 0 Å². The van der Waals surface area contributed by atoms with Crippen LogP contribution in [0.3, 0.4) is 0 Å². The largest absolute Gasteiger partial charge is 0.313 e. The minimum Gasteiger partial charge on any atom is -0.313 e. The van der Waals surface area contributed by atoms with Crippen molar-refractivity contribution >= 4 is 35.1 Å². The summed E-state index contributed by atoms with van der Waals surface area (Å²) in [6.07, 6.45) is 6.94. The summed E-state index contributed by atoms with van der Waals surface area (Å²) in [5.74, 6) is 0.404. The molecule has 4 aromatic carbocycles. The van der Waals surface area contributed by atoms with Crippen molar-refractivity contribution in [3.63, 3.8) is 0 Å². The molecule has 0 unspecified atom stereocenters. The first-order chi connectivity index (χ1) is 17.6. The summed E-state index contributed by atoms with van der Waals surface area (Å²) < 4.78 is 2.11. The monoisotopic (exact) mass is 508 g/mol. The molecule has 0 spiro atoms. The average molecular weight is 509 g/mol. The molecule has 1 heterocycles. The molecular weight excluding hydrogens is 487 g/mol. The van der Waals surface area contributed by atoms with Crippen molar-refractivity contribution in [1.29, 1.82) is 0 Å². The zero-order valence-electron chi connectivity index (χ0n) is 19.3. The van der Waals surface area contributed by atoms with Gasteiger partial charge < -0.3 is 4.57 Å². The van der Waals surface area contributed by atoms with Gasteiger partial charge in [0.15, 0.2) is 5.78 Å². The second-order valence-corrected chi connectivity index (χ2v) is 9.13. The number of nitrogens with zero attached hydrogens (tertiary/aromatic N) is 2. The standard InChI is InChI=1S/C31H22Cl2N2O/c32-26-16-17-27(28(33)22-26)29(36)18-19-30-34-20-21-35(30)31(23-10-4-1-5-11-23,24-12-6-2-7-13-24)25-14-8-3-9-15-25/h1-22H/b19-18-.